The minimum Gasteiger partial charge on any atom is -0.400 e. The van der Waals surface area contributed by atoms with E-state index >= 15 is 0 Å². The number of nitrogens with zero attached hydrogens (tertiary/aromatic N) is 4. The number of hydrazone groups is 1. The number of piperazine rings is 1. The maximum absolute atomic E-state index is 12.3. The molecule has 0 radical (unpaired) electrons. The van der Waals surface area contributed by atoms with E-state index in [9.17, 15) is 19.7 Å². The summed E-state index contributed by atoms with van der Waals surface area (Å²) in [7, 11) is 0. The lowest BCUT2D eigenvalue weighted by Gasteiger charge is -2.31. The molecular formula is C15H11IN4O5. The molecule has 1 aliphatic rings. The first-order valence-corrected chi connectivity index (χ1v) is 8.16. The molecule has 128 valence electrons. The number of rotatable bonds is 4. The third-order valence-corrected chi connectivity index (χ3v) is 4.14. The van der Waals surface area contributed by atoms with Gasteiger partial charge in [-0.2, -0.15) is 5.10 Å². The zero-order valence-corrected chi connectivity index (χ0v) is 14.8. The molecule has 2 aromatic rings. The van der Waals surface area contributed by atoms with E-state index in [1.165, 1.54) is 23.2 Å². The Morgan fingerprint density at radius 1 is 1.12 bits per heavy atom. The Morgan fingerprint density at radius 3 is 2.48 bits per heavy atom. The molecule has 3 rings (SSSR count). The fraction of sp³-hybridized carbons (Fsp3) is 0.133. The van der Waals surface area contributed by atoms with Gasteiger partial charge in [-0.15, -0.1) is 0 Å². The van der Waals surface area contributed by atoms with Gasteiger partial charge in [0.1, 0.15) is 18.0 Å². The number of hydrogen-bond acceptors (Lipinski definition) is 6. The molecular weight excluding hydrogens is 443 g/mol. The Hall–Kier alpha value is -2.76. The maximum Gasteiger partial charge on any atom is 0.433 e. The van der Waals surface area contributed by atoms with Crippen molar-refractivity contribution in [2.45, 2.75) is 0 Å². The molecule has 0 aliphatic carbocycles. The van der Waals surface area contributed by atoms with Gasteiger partial charge >= 0.3 is 5.88 Å². The molecule has 1 aliphatic heterocycles. The number of carbonyl (C=O) groups is 2. The van der Waals surface area contributed by atoms with E-state index in [1.54, 1.807) is 12.1 Å². The summed E-state index contributed by atoms with van der Waals surface area (Å²) in [4.78, 5) is 35.8. The summed E-state index contributed by atoms with van der Waals surface area (Å²) in [5.41, 5.74) is 0.643. The number of benzene rings is 1. The first-order valence-electron chi connectivity index (χ1n) is 7.08. The zero-order valence-electron chi connectivity index (χ0n) is 12.7. The molecule has 0 spiro atoms. The average Bonchev–Trinajstić information content (AvgIpc) is 3.05. The third kappa shape index (κ3) is 3.84. The molecule has 1 fully saturated rings. The fourth-order valence-electron chi connectivity index (χ4n) is 2.20. The van der Waals surface area contributed by atoms with Crippen LogP contribution in [-0.4, -0.2) is 41.1 Å². The van der Waals surface area contributed by atoms with E-state index in [2.05, 4.69) is 27.7 Å². The number of hydrogen-bond donors (Lipinski definition) is 0. The minimum absolute atomic E-state index is 0.118. The lowest BCUT2D eigenvalue weighted by Crippen LogP contribution is -2.52. The summed E-state index contributed by atoms with van der Waals surface area (Å²) in [6, 6.07) is 9.78. The SMILES string of the molecule is O=C1CN(c2ccc(I)cc2)C(=O)CN1N=Cc1ccc([N+](=O)[O-])o1. The Morgan fingerprint density at radius 2 is 1.84 bits per heavy atom. The van der Waals surface area contributed by atoms with Gasteiger partial charge in [0.25, 0.3) is 5.91 Å². The fourth-order valence-corrected chi connectivity index (χ4v) is 2.56. The van der Waals surface area contributed by atoms with Gasteiger partial charge in [0.15, 0.2) is 5.76 Å². The van der Waals surface area contributed by atoms with E-state index in [-0.39, 0.29) is 30.7 Å². The van der Waals surface area contributed by atoms with Crippen LogP contribution in [0.2, 0.25) is 0 Å². The van der Waals surface area contributed by atoms with E-state index in [0.29, 0.717) is 5.69 Å². The van der Waals surface area contributed by atoms with E-state index < -0.39 is 10.8 Å². The monoisotopic (exact) mass is 454 g/mol. The summed E-state index contributed by atoms with van der Waals surface area (Å²) in [6.45, 7) is -0.348. The number of halogens is 1. The topological polar surface area (TPSA) is 109 Å². The van der Waals surface area contributed by atoms with Crippen molar-refractivity contribution >= 4 is 52.2 Å². The third-order valence-electron chi connectivity index (χ3n) is 3.42. The largest absolute Gasteiger partial charge is 0.433 e. The first kappa shape index (κ1) is 17.1. The van der Waals surface area contributed by atoms with Crippen molar-refractivity contribution in [3.05, 3.63) is 55.8 Å². The summed E-state index contributed by atoms with van der Waals surface area (Å²) in [5, 5.41) is 15.5. The predicted octanol–water partition coefficient (Wildman–Crippen LogP) is 2.00. The number of furan rings is 1. The highest BCUT2D eigenvalue weighted by atomic mass is 127. The molecule has 10 heteroatoms. The van der Waals surface area contributed by atoms with Crippen molar-refractivity contribution in [2.24, 2.45) is 5.10 Å². The van der Waals surface area contributed by atoms with E-state index in [4.69, 9.17) is 4.42 Å². The van der Waals surface area contributed by atoms with Crippen LogP contribution < -0.4 is 4.90 Å². The molecule has 1 aromatic carbocycles. The lowest BCUT2D eigenvalue weighted by atomic mass is 10.2. The van der Waals surface area contributed by atoms with Crippen LogP contribution in [-0.2, 0) is 9.59 Å². The standard InChI is InChI=1S/C15H11IN4O5/c16-10-1-3-11(4-2-10)18-8-14(22)19(9-13(18)21)17-7-12-5-6-15(25-12)20(23)24/h1-7H,8-9H2. The normalized spacial score (nSPS) is 15.2. The molecule has 0 saturated carbocycles. The van der Waals surface area contributed by atoms with Gasteiger partial charge in [-0.25, -0.2) is 5.01 Å². The molecule has 0 unspecified atom stereocenters. The van der Waals surface area contributed by atoms with Crippen LogP contribution in [0.4, 0.5) is 11.6 Å². The van der Waals surface area contributed by atoms with Crippen molar-refractivity contribution in [1.82, 2.24) is 5.01 Å². The van der Waals surface area contributed by atoms with E-state index in [1.807, 2.05) is 12.1 Å². The van der Waals surface area contributed by atoms with Crippen LogP contribution in [0.25, 0.3) is 0 Å². The molecule has 0 atom stereocenters. The van der Waals surface area contributed by atoms with Crippen LogP contribution in [0.15, 0.2) is 45.9 Å². The van der Waals surface area contributed by atoms with Crippen molar-refractivity contribution < 1.29 is 18.9 Å². The highest BCUT2D eigenvalue weighted by molar-refractivity contribution is 14.1. The van der Waals surface area contributed by atoms with Gasteiger partial charge in [0.05, 0.1) is 12.3 Å². The van der Waals surface area contributed by atoms with Crippen LogP contribution in [0.1, 0.15) is 5.76 Å². The second-order valence-corrected chi connectivity index (χ2v) is 6.33. The second kappa shape index (κ2) is 7.01. The van der Waals surface area contributed by atoms with Crippen LogP contribution in [0.3, 0.4) is 0 Å². The first-order chi connectivity index (χ1) is 11.9. The molecule has 1 aromatic heterocycles. The second-order valence-electron chi connectivity index (χ2n) is 5.09. The lowest BCUT2D eigenvalue weighted by molar-refractivity contribution is -0.402. The molecule has 2 amide bonds. The Labute approximate surface area is 155 Å². The predicted molar refractivity (Wildman–Crippen MR) is 96.2 cm³/mol. The van der Waals surface area contributed by atoms with Gasteiger partial charge in [0.2, 0.25) is 5.91 Å². The highest BCUT2D eigenvalue weighted by Crippen LogP contribution is 2.20. The van der Waals surface area contributed by atoms with Crippen LogP contribution >= 0.6 is 22.6 Å². The zero-order chi connectivity index (χ0) is 18.0. The van der Waals surface area contributed by atoms with Gasteiger partial charge in [-0.1, -0.05) is 0 Å². The summed E-state index contributed by atoms with van der Waals surface area (Å²) < 4.78 is 5.94. The summed E-state index contributed by atoms with van der Waals surface area (Å²) in [5.74, 6) is -0.946. The van der Waals surface area contributed by atoms with Gasteiger partial charge in [0, 0.05) is 9.26 Å². The minimum atomic E-state index is -0.675. The molecule has 1 saturated heterocycles. The van der Waals surface area contributed by atoms with Gasteiger partial charge in [-0.3, -0.25) is 19.7 Å². The quantitative estimate of drug-likeness (QED) is 0.304. The maximum atomic E-state index is 12.3. The number of anilines is 1. The summed E-state index contributed by atoms with van der Waals surface area (Å²) in [6.07, 6.45) is 1.17. The molecule has 9 nitrogen and oxygen atoms in total. The van der Waals surface area contributed by atoms with Crippen molar-refractivity contribution in [3.63, 3.8) is 0 Å². The molecule has 0 N–H and O–H groups in total. The number of nitro groups is 1. The van der Waals surface area contributed by atoms with Crippen LogP contribution in [0, 0.1) is 13.7 Å². The average molecular weight is 454 g/mol. The Bertz CT molecular complexity index is 861. The van der Waals surface area contributed by atoms with Crippen molar-refractivity contribution in [2.75, 3.05) is 18.0 Å². The van der Waals surface area contributed by atoms with Crippen molar-refractivity contribution in [3.8, 4) is 0 Å². The smallest absolute Gasteiger partial charge is 0.400 e. The number of amides is 2. The molecule has 25 heavy (non-hydrogen) atoms. The molecule has 2 heterocycles. The van der Waals surface area contributed by atoms with E-state index in [0.717, 1.165) is 8.58 Å². The number of carbonyl (C=O) groups excluding carboxylic acids is 2. The Kier molecular flexibility index (Phi) is 4.79. The van der Waals surface area contributed by atoms with Crippen LogP contribution in [0.5, 0.6) is 0 Å². The van der Waals surface area contributed by atoms with Crippen molar-refractivity contribution in [1.29, 1.82) is 0 Å². The Balaban J connectivity index is 1.70. The van der Waals surface area contributed by atoms with Gasteiger partial charge in [-0.05, 0) is 52.9 Å². The van der Waals surface area contributed by atoms with Gasteiger partial charge < -0.3 is 9.32 Å². The summed E-state index contributed by atoms with van der Waals surface area (Å²) >= 11 is 2.15. The highest BCUT2D eigenvalue weighted by Gasteiger charge is 2.30. The molecule has 0 bridgehead atoms.